The van der Waals surface area contributed by atoms with Gasteiger partial charge in [-0.25, -0.2) is 17.2 Å². The van der Waals surface area contributed by atoms with Gasteiger partial charge in [0.25, 0.3) is 5.91 Å². The van der Waals surface area contributed by atoms with Crippen molar-refractivity contribution in [3.8, 4) is 0 Å². The summed E-state index contributed by atoms with van der Waals surface area (Å²) in [5.74, 6) is -1.03. The van der Waals surface area contributed by atoms with E-state index in [1.54, 1.807) is 24.3 Å². The maximum absolute atomic E-state index is 14.5. The lowest BCUT2D eigenvalue weighted by Gasteiger charge is -2.40. The van der Waals surface area contributed by atoms with Crippen molar-refractivity contribution in [2.24, 2.45) is 5.73 Å². The van der Waals surface area contributed by atoms with Crippen molar-refractivity contribution in [2.75, 3.05) is 17.1 Å². The third-order valence-electron chi connectivity index (χ3n) is 9.26. The van der Waals surface area contributed by atoms with E-state index in [0.717, 1.165) is 30.2 Å². The van der Waals surface area contributed by atoms with E-state index in [2.05, 4.69) is 49.8 Å². The number of nitrogens with two attached hydrogens (primary N) is 1. The second-order valence-corrected chi connectivity index (χ2v) is 21.4. The number of hydrogen-bond acceptors (Lipinski definition) is 5. The molecule has 4 aromatic rings. The van der Waals surface area contributed by atoms with Crippen LogP contribution in [0.1, 0.15) is 84.9 Å². The molecule has 3 aromatic carbocycles. The Labute approximate surface area is 284 Å². The van der Waals surface area contributed by atoms with Crippen LogP contribution < -0.4 is 10.0 Å². The lowest BCUT2D eigenvalue weighted by atomic mass is 10.00. The molecule has 1 saturated carbocycles. The second kappa shape index (κ2) is 13.1. The largest absolute Gasteiger partial charge is 0.460 e. The van der Waals surface area contributed by atoms with Gasteiger partial charge < -0.3 is 14.6 Å². The van der Waals surface area contributed by atoms with Gasteiger partial charge in [-0.05, 0) is 96.4 Å². The number of hydrogen-bond donors (Lipinski definition) is 1. The first-order chi connectivity index (χ1) is 21.9. The van der Waals surface area contributed by atoms with Gasteiger partial charge in [0.2, 0.25) is 10.0 Å². The highest BCUT2D eigenvalue weighted by Crippen LogP contribution is 2.48. The summed E-state index contributed by atoms with van der Waals surface area (Å²) >= 11 is 3.56. The molecule has 1 aromatic heterocycles. The minimum atomic E-state index is -3.82. The van der Waals surface area contributed by atoms with Gasteiger partial charge in [0, 0.05) is 28.9 Å². The summed E-state index contributed by atoms with van der Waals surface area (Å²) < 4.78 is 70.2. The van der Waals surface area contributed by atoms with Crippen molar-refractivity contribution in [3.63, 3.8) is 0 Å². The van der Waals surface area contributed by atoms with Gasteiger partial charge in [-0.1, -0.05) is 48.8 Å². The molecule has 47 heavy (non-hydrogen) atoms. The van der Waals surface area contributed by atoms with E-state index in [9.17, 15) is 22.0 Å². The van der Waals surface area contributed by atoms with Crippen LogP contribution in [-0.4, -0.2) is 35.4 Å². The zero-order chi connectivity index (χ0) is 34.5. The van der Waals surface area contributed by atoms with Crippen LogP contribution in [0.2, 0.25) is 18.1 Å². The third-order valence-corrected chi connectivity index (χ3v) is 15.7. The van der Waals surface area contributed by atoms with Gasteiger partial charge in [-0.2, -0.15) is 0 Å². The van der Waals surface area contributed by atoms with Crippen molar-refractivity contribution in [1.29, 1.82) is 0 Å². The number of anilines is 1. The number of carbonyl (C=O) groups excluding carboxylic acids is 1. The lowest BCUT2D eigenvalue weighted by molar-refractivity contribution is 0.1000. The van der Waals surface area contributed by atoms with E-state index in [4.69, 9.17) is 14.6 Å². The molecule has 1 aliphatic rings. The Morgan fingerprint density at radius 3 is 2.30 bits per heavy atom. The van der Waals surface area contributed by atoms with Crippen molar-refractivity contribution >= 4 is 56.8 Å². The predicted octanol–water partition coefficient (Wildman–Crippen LogP) is 8.96. The van der Waals surface area contributed by atoms with Crippen LogP contribution in [0.3, 0.4) is 0 Å². The fourth-order valence-electron chi connectivity index (χ4n) is 5.59. The average molecular weight is 748 g/mol. The second-order valence-electron chi connectivity index (χ2n) is 13.9. The number of furan rings is 1. The van der Waals surface area contributed by atoms with Crippen LogP contribution >= 0.6 is 15.9 Å². The summed E-state index contributed by atoms with van der Waals surface area (Å²) in [4.78, 5) is 12.7. The highest BCUT2D eigenvalue weighted by molar-refractivity contribution is 9.10. The van der Waals surface area contributed by atoms with Gasteiger partial charge in [0.15, 0.2) is 8.32 Å². The van der Waals surface area contributed by atoms with Crippen molar-refractivity contribution in [3.05, 3.63) is 98.7 Å². The Bertz CT molecular complexity index is 1920. The van der Waals surface area contributed by atoms with Crippen LogP contribution in [0.5, 0.6) is 0 Å². The molecule has 0 bridgehead atoms. The van der Waals surface area contributed by atoms with Gasteiger partial charge >= 0.3 is 0 Å². The SMILES string of the molecule is CC(C)(C)[Si](C)(C)OC(CCN(c1cc2oc(Cc3ccc(F)cc3)c(C(N)=O)c2cc1C1CC1)S(C)(=O)=O)c1cc(F)ccc1Br. The molecule has 252 valence electrons. The number of halogens is 3. The van der Waals surface area contributed by atoms with E-state index < -0.39 is 36.2 Å². The van der Waals surface area contributed by atoms with Crippen LogP contribution in [-0.2, 0) is 20.9 Å². The van der Waals surface area contributed by atoms with Crippen LogP contribution in [0, 0.1) is 11.6 Å². The maximum atomic E-state index is 14.5. The number of rotatable bonds is 12. The molecule has 1 unspecified atom stereocenters. The lowest BCUT2D eigenvalue weighted by Crippen LogP contribution is -2.42. The summed E-state index contributed by atoms with van der Waals surface area (Å²) in [6, 6.07) is 13.8. The number of benzene rings is 3. The Hall–Kier alpha value is -3.06. The first-order valence-electron chi connectivity index (χ1n) is 15.6. The summed E-state index contributed by atoms with van der Waals surface area (Å²) in [6.45, 7) is 10.6. The maximum Gasteiger partial charge on any atom is 0.252 e. The Morgan fingerprint density at radius 1 is 1.09 bits per heavy atom. The molecular weight excluding hydrogens is 706 g/mol. The number of primary amides is 1. The molecule has 12 heteroatoms. The molecular formula is C35H41BrF2N2O5SSi. The first kappa shape index (κ1) is 35.2. The number of amides is 1. The van der Waals surface area contributed by atoms with Crippen molar-refractivity contribution < 1.29 is 30.8 Å². The Balaban J connectivity index is 1.58. The molecule has 7 nitrogen and oxygen atoms in total. The number of carbonyl (C=O) groups is 1. The van der Waals surface area contributed by atoms with E-state index in [1.807, 2.05) is 6.07 Å². The van der Waals surface area contributed by atoms with Crippen LogP contribution in [0.25, 0.3) is 11.0 Å². The summed E-state index contributed by atoms with van der Waals surface area (Å²) in [6.07, 6.45) is 2.76. The molecule has 0 saturated heterocycles. The van der Waals surface area contributed by atoms with Crippen LogP contribution in [0.15, 0.2) is 63.5 Å². The average Bonchev–Trinajstić information content (AvgIpc) is 3.74. The number of nitrogens with zero attached hydrogens (tertiary/aromatic N) is 1. The summed E-state index contributed by atoms with van der Waals surface area (Å²) in [7, 11) is -6.20. The predicted molar refractivity (Wildman–Crippen MR) is 188 cm³/mol. The molecule has 0 spiro atoms. The van der Waals surface area contributed by atoms with Gasteiger partial charge in [0.05, 0.1) is 23.6 Å². The molecule has 2 N–H and O–H groups in total. The van der Waals surface area contributed by atoms with E-state index >= 15 is 0 Å². The first-order valence-corrected chi connectivity index (χ1v) is 21.1. The molecule has 5 rings (SSSR count). The van der Waals surface area contributed by atoms with Crippen molar-refractivity contribution in [1.82, 2.24) is 0 Å². The summed E-state index contributed by atoms with van der Waals surface area (Å²) in [5.41, 5.74) is 8.98. The molecule has 0 aliphatic heterocycles. The highest BCUT2D eigenvalue weighted by atomic mass is 79.9. The summed E-state index contributed by atoms with van der Waals surface area (Å²) in [5, 5.41) is 0.367. The van der Waals surface area contributed by atoms with Gasteiger partial charge in [0.1, 0.15) is 23.0 Å². The van der Waals surface area contributed by atoms with E-state index in [1.165, 1.54) is 28.6 Å². The highest BCUT2D eigenvalue weighted by Gasteiger charge is 2.40. The number of fused-ring (bicyclic) bond motifs is 1. The monoisotopic (exact) mass is 746 g/mol. The zero-order valence-electron chi connectivity index (χ0n) is 27.5. The standard InChI is InChI=1S/C35H41BrF2N2O5SSi/c1-35(2,3)47(5,6)45-30(26-18-24(38)13-14-28(26)36)15-16-40(46(4,42)43)29-20-31-27(19-25(29)22-9-10-22)33(34(39)41)32(44-31)17-21-7-11-23(37)12-8-21/h7-8,11-14,18-20,22,30H,9-10,15-17H2,1-6H3,(H2,39,41). The molecule has 0 radical (unpaired) electrons. The minimum absolute atomic E-state index is 0.0537. The Morgan fingerprint density at radius 2 is 1.72 bits per heavy atom. The van der Waals surface area contributed by atoms with Crippen molar-refractivity contribution in [2.45, 2.75) is 76.6 Å². The zero-order valence-corrected chi connectivity index (χ0v) is 30.9. The molecule has 1 aliphatic carbocycles. The number of sulfonamides is 1. The third kappa shape index (κ3) is 7.82. The van der Waals surface area contributed by atoms with Gasteiger partial charge in [-0.15, -0.1) is 0 Å². The molecule has 1 heterocycles. The normalized spacial score (nSPS) is 14.8. The molecule has 1 fully saturated rings. The van der Waals surface area contributed by atoms with E-state index in [0.29, 0.717) is 32.5 Å². The topological polar surface area (TPSA) is 103 Å². The van der Waals surface area contributed by atoms with E-state index in [-0.39, 0.29) is 41.7 Å². The molecule has 1 atom stereocenters. The smallest absolute Gasteiger partial charge is 0.252 e. The fourth-order valence-corrected chi connectivity index (χ4v) is 8.35. The van der Waals surface area contributed by atoms with Gasteiger partial charge in [-0.3, -0.25) is 9.10 Å². The fraction of sp³-hybridized carbons (Fsp3) is 0.400. The minimum Gasteiger partial charge on any atom is -0.460 e. The molecule has 1 amide bonds. The van der Waals surface area contributed by atoms with Crippen LogP contribution in [0.4, 0.5) is 14.5 Å². The quantitative estimate of drug-likeness (QED) is 0.146. The Kier molecular flexibility index (Phi) is 9.82.